The van der Waals surface area contributed by atoms with E-state index in [1.807, 2.05) is 0 Å². The SMILES string of the molecule is O=C(O)CN1C(=O)SC(CC(=O)Nc2nccs2)C1=O. The Bertz CT molecular complexity index is 559. The second kappa shape index (κ2) is 6.01. The molecule has 20 heavy (non-hydrogen) atoms. The molecule has 1 aromatic heterocycles. The fraction of sp³-hybridized carbons (Fsp3) is 0.300. The predicted molar refractivity (Wildman–Crippen MR) is 71.5 cm³/mol. The molecule has 3 amide bonds. The first-order valence-electron chi connectivity index (χ1n) is 5.40. The molecule has 2 N–H and O–H groups in total. The van der Waals surface area contributed by atoms with Gasteiger partial charge in [0.25, 0.3) is 5.24 Å². The van der Waals surface area contributed by atoms with Crippen molar-refractivity contribution in [2.24, 2.45) is 0 Å². The van der Waals surface area contributed by atoms with E-state index < -0.39 is 34.8 Å². The van der Waals surface area contributed by atoms with Gasteiger partial charge in [0.05, 0.1) is 0 Å². The van der Waals surface area contributed by atoms with Crippen LogP contribution in [0, 0.1) is 0 Å². The molecule has 106 valence electrons. The number of amides is 3. The maximum atomic E-state index is 11.8. The zero-order valence-corrected chi connectivity index (χ0v) is 11.6. The Hall–Kier alpha value is -1.94. The van der Waals surface area contributed by atoms with Crippen LogP contribution in [0.15, 0.2) is 11.6 Å². The van der Waals surface area contributed by atoms with Crippen LogP contribution in [0.25, 0.3) is 0 Å². The van der Waals surface area contributed by atoms with E-state index in [0.29, 0.717) is 21.8 Å². The summed E-state index contributed by atoms with van der Waals surface area (Å²) in [6.45, 7) is -0.685. The summed E-state index contributed by atoms with van der Waals surface area (Å²) < 4.78 is 0. The minimum Gasteiger partial charge on any atom is -0.480 e. The number of hydrogen-bond donors (Lipinski definition) is 2. The number of imide groups is 1. The Morgan fingerprint density at radius 2 is 2.20 bits per heavy atom. The number of nitrogens with one attached hydrogen (secondary N) is 1. The number of carbonyl (C=O) groups excluding carboxylic acids is 3. The standard InChI is InChI=1S/C10H9N3O5S2/c14-6(12-9-11-1-2-19-9)3-5-8(17)13(4-7(15)16)10(18)20-5/h1-2,5H,3-4H2,(H,15,16)(H,11,12,14). The molecule has 0 aliphatic carbocycles. The summed E-state index contributed by atoms with van der Waals surface area (Å²) in [5.74, 6) is -2.38. The van der Waals surface area contributed by atoms with Gasteiger partial charge in [-0.1, -0.05) is 11.8 Å². The maximum Gasteiger partial charge on any atom is 0.323 e. The van der Waals surface area contributed by atoms with Gasteiger partial charge in [0, 0.05) is 18.0 Å². The fourth-order valence-electron chi connectivity index (χ4n) is 1.53. The normalized spacial score (nSPS) is 18.4. The molecule has 2 rings (SSSR count). The molecule has 8 nitrogen and oxygen atoms in total. The molecule has 0 radical (unpaired) electrons. The average molecular weight is 315 g/mol. The van der Waals surface area contributed by atoms with Crippen molar-refractivity contribution >= 4 is 51.3 Å². The van der Waals surface area contributed by atoms with E-state index in [1.54, 1.807) is 5.38 Å². The van der Waals surface area contributed by atoms with Crippen LogP contribution in [0.1, 0.15) is 6.42 Å². The number of anilines is 1. The number of aromatic nitrogens is 1. The monoisotopic (exact) mass is 315 g/mol. The summed E-state index contributed by atoms with van der Waals surface area (Å²) in [7, 11) is 0. The lowest BCUT2D eigenvalue weighted by atomic mass is 10.2. The zero-order chi connectivity index (χ0) is 14.7. The van der Waals surface area contributed by atoms with Gasteiger partial charge < -0.3 is 10.4 Å². The zero-order valence-electron chi connectivity index (χ0n) is 9.94. The summed E-state index contributed by atoms with van der Waals surface area (Å²) in [5, 5.41) is 11.7. The molecule has 0 bridgehead atoms. The van der Waals surface area contributed by atoms with Crippen molar-refractivity contribution in [3.05, 3.63) is 11.6 Å². The molecule has 1 aliphatic rings. The van der Waals surface area contributed by atoms with Gasteiger partial charge in [-0.2, -0.15) is 0 Å². The second-order valence-electron chi connectivity index (χ2n) is 3.78. The predicted octanol–water partition coefficient (Wildman–Crippen LogP) is 0.620. The van der Waals surface area contributed by atoms with Crippen LogP contribution < -0.4 is 5.32 Å². The summed E-state index contributed by atoms with van der Waals surface area (Å²) in [4.78, 5) is 50.0. The average Bonchev–Trinajstić information content (AvgIpc) is 2.93. The molecule has 10 heteroatoms. The number of thioether (sulfide) groups is 1. The Kier molecular flexibility index (Phi) is 4.35. The Balaban J connectivity index is 1.93. The minimum absolute atomic E-state index is 0.203. The number of thiazole rings is 1. The highest BCUT2D eigenvalue weighted by atomic mass is 32.2. The van der Waals surface area contributed by atoms with Crippen LogP contribution >= 0.6 is 23.1 Å². The van der Waals surface area contributed by atoms with Gasteiger partial charge in [-0.3, -0.25) is 24.1 Å². The first-order chi connectivity index (χ1) is 9.47. The number of carboxylic acid groups (broad SMARTS) is 1. The molecule has 1 aromatic rings. The van der Waals surface area contributed by atoms with Gasteiger partial charge in [0.2, 0.25) is 11.8 Å². The third-order valence-corrected chi connectivity index (χ3v) is 4.11. The third kappa shape index (κ3) is 3.33. The minimum atomic E-state index is -1.28. The molecule has 0 spiro atoms. The lowest BCUT2D eigenvalue weighted by molar-refractivity contribution is -0.141. The molecule has 0 saturated carbocycles. The number of carbonyl (C=O) groups is 4. The van der Waals surface area contributed by atoms with Crippen LogP contribution in [-0.4, -0.2) is 49.8 Å². The van der Waals surface area contributed by atoms with E-state index in [2.05, 4.69) is 10.3 Å². The molecule has 1 fully saturated rings. The van der Waals surface area contributed by atoms with Gasteiger partial charge in [-0.25, -0.2) is 4.98 Å². The fourth-order valence-corrected chi connectivity index (χ4v) is 3.06. The Labute approximate surface area is 121 Å². The smallest absolute Gasteiger partial charge is 0.323 e. The summed E-state index contributed by atoms with van der Waals surface area (Å²) >= 11 is 1.89. The van der Waals surface area contributed by atoms with Gasteiger partial charge in [0.15, 0.2) is 5.13 Å². The van der Waals surface area contributed by atoms with Crippen LogP contribution in [-0.2, 0) is 14.4 Å². The topological polar surface area (TPSA) is 117 Å². The van der Waals surface area contributed by atoms with Crippen molar-refractivity contribution in [1.82, 2.24) is 9.88 Å². The van der Waals surface area contributed by atoms with E-state index >= 15 is 0 Å². The molecule has 0 aromatic carbocycles. The number of rotatable bonds is 5. The van der Waals surface area contributed by atoms with Gasteiger partial charge >= 0.3 is 5.97 Å². The van der Waals surface area contributed by atoms with E-state index in [4.69, 9.17) is 5.11 Å². The summed E-state index contributed by atoms with van der Waals surface area (Å²) in [6.07, 6.45) is 1.32. The van der Waals surface area contributed by atoms with E-state index in [0.717, 1.165) is 0 Å². The van der Waals surface area contributed by atoms with Crippen LogP contribution in [0.3, 0.4) is 0 Å². The Morgan fingerprint density at radius 1 is 1.45 bits per heavy atom. The van der Waals surface area contributed by atoms with Crippen molar-refractivity contribution < 1.29 is 24.3 Å². The molecule has 1 saturated heterocycles. The van der Waals surface area contributed by atoms with Crippen LogP contribution in [0.5, 0.6) is 0 Å². The highest BCUT2D eigenvalue weighted by molar-refractivity contribution is 8.15. The van der Waals surface area contributed by atoms with E-state index in [-0.39, 0.29) is 6.42 Å². The molecule has 2 heterocycles. The van der Waals surface area contributed by atoms with Crippen LogP contribution in [0.4, 0.5) is 9.93 Å². The molecule has 1 atom stereocenters. The number of nitrogens with zero attached hydrogens (tertiary/aromatic N) is 2. The highest BCUT2D eigenvalue weighted by Gasteiger charge is 2.41. The number of carboxylic acids is 1. The van der Waals surface area contributed by atoms with Crippen LogP contribution in [0.2, 0.25) is 0 Å². The molecule has 1 aliphatic heterocycles. The summed E-state index contributed by atoms with van der Waals surface area (Å²) in [5.41, 5.74) is 0. The van der Waals surface area contributed by atoms with Gasteiger partial charge in [0.1, 0.15) is 11.8 Å². The largest absolute Gasteiger partial charge is 0.480 e. The number of aliphatic carboxylic acids is 1. The van der Waals surface area contributed by atoms with E-state index in [1.165, 1.54) is 17.5 Å². The van der Waals surface area contributed by atoms with Crippen molar-refractivity contribution in [1.29, 1.82) is 0 Å². The third-order valence-electron chi connectivity index (χ3n) is 2.35. The molecular formula is C10H9N3O5S2. The first kappa shape index (κ1) is 14.5. The van der Waals surface area contributed by atoms with E-state index in [9.17, 15) is 19.2 Å². The summed E-state index contributed by atoms with van der Waals surface area (Å²) in [6, 6.07) is 0. The lowest BCUT2D eigenvalue weighted by Crippen LogP contribution is -2.36. The maximum absolute atomic E-state index is 11.8. The number of hydrogen-bond acceptors (Lipinski definition) is 7. The quantitative estimate of drug-likeness (QED) is 0.818. The molecule has 1 unspecified atom stereocenters. The highest BCUT2D eigenvalue weighted by Crippen LogP contribution is 2.29. The lowest BCUT2D eigenvalue weighted by Gasteiger charge is -2.10. The molecular weight excluding hydrogens is 306 g/mol. The second-order valence-corrected chi connectivity index (χ2v) is 5.83. The van der Waals surface area contributed by atoms with Gasteiger partial charge in [-0.15, -0.1) is 11.3 Å². The van der Waals surface area contributed by atoms with Gasteiger partial charge in [-0.05, 0) is 0 Å². The first-order valence-corrected chi connectivity index (χ1v) is 7.16. The van der Waals surface area contributed by atoms with Crippen molar-refractivity contribution in [3.8, 4) is 0 Å². The van der Waals surface area contributed by atoms with Crippen molar-refractivity contribution in [2.75, 3.05) is 11.9 Å². The van der Waals surface area contributed by atoms with Crippen molar-refractivity contribution in [3.63, 3.8) is 0 Å². The Morgan fingerprint density at radius 3 is 2.80 bits per heavy atom. The van der Waals surface area contributed by atoms with Crippen molar-refractivity contribution in [2.45, 2.75) is 11.7 Å².